The summed E-state index contributed by atoms with van der Waals surface area (Å²) in [5, 5.41) is 15.8. The number of fused-ring (bicyclic) bond motifs is 12. The van der Waals surface area contributed by atoms with Crippen LogP contribution < -0.4 is 24.8 Å². The maximum absolute atomic E-state index is 12.9. The van der Waals surface area contributed by atoms with Gasteiger partial charge in [0.05, 0.1) is 32.7 Å². The van der Waals surface area contributed by atoms with Crippen LogP contribution >= 0.6 is 0 Å². The number of carbonyl (C=O) groups is 1. The molecule has 0 bridgehead atoms. The first-order chi connectivity index (χ1) is 24.9. The van der Waals surface area contributed by atoms with Gasteiger partial charge < -0.3 is 28.5 Å². The molecule has 1 aliphatic heterocycles. The van der Waals surface area contributed by atoms with E-state index in [4.69, 9.17) is 23.4 Å². The monoisotopic (exact) mass is 676 g/mol. The Bertz CT molecular complexity index is 2490. The van der Waals surface area contributed by atoms with Crippen molar-refractivity contribution >= 4 is 39.9 Å². The van der Waals surface area contributed by atoms with E-state index < -0.39 is 17.0 Å². The number of allylic oxidation sites excluding steroid dienone is 1. The molecule has 0 fully saturated rings. The van der Waals surface area contributed by atoms with E-state index in [1.807, 2.05) is 36.4 Å². The first-order valence-corrected chi connectivity index (χ1v) is 17.2. The zero-order valence-electron chi connectivity index (χ0n) is 28.6. The number of esters is 1. The summed E-state index contributed by atoms with van der Waals surface area (Å²) in [6.45, 7) is 2.30. The molecular weight excluding hydrogens is 640 g/mol. The molecule has 5 aromatic carbocycles. The Hall–Kier alpha value is -5.79. The lowest BCUT2D eigenvalue weighted by Crippen LogP contribution is -2.39. The fraction of sp³-hybridized carbons (Fsp3) is 0.205. The van der Waals surface area contributed by atoms with Gasteiger partial charge in [-0.2, -0.15) is 0 Å². The van der Waals surface area contributed by atoms with E-state index in [0.717, 1.165) is 61.7 Å². The Kier molecular flexibility index (Phi) is 7.12. The van der Waals surface area contributed by atoms with Gasteiger partial charge in [0.25, 0.3) is 0 Å². The smallest absolute Gasteiger partial charge is 0.309 e. The molecule has 9 rings (SSSR count). The van der Waals surface area contributed by atoms with Crippen LogP contribution in [0, 0.1) is 0 Å². The van der Waals surface area contributed by atoms with Crippen molar-refractivity contribution in [1.82, 2.24) is 0 Å². The summed E-state index contributed by atoms with van der Waals surface area (Å²) in [5.41, 5.74) is 6.21. The molecule has 1 aromatic heterocycles. The van der Waals surface area contributed by atoms with Crippen LogP contribution in [0.25, 0.3) is 45.0 Å². The molecule has 7 heteroatoms. The van der Waals surface area contributed by atoms with Crippen LogP contribution in [0.2, 0.25) is 0 Å². The fourth-order valence-corrected chi connectivity index (χ4v) is 8.38. The standard InChI is InChI=1S/C44H36O7/c1-4-49-37(45)24-44(46)21-7-10-36-41(44)40-35(51-36)20-19-32-38-31-9-6-5-8-26(31)22-33(38)34-23-43(25-50-42(34)39(32)40,27-11-15-29(47-2)16-12-27)28-13-17-30(48-3)18-14-28/h5-21,23,46H,4,22,24-25H2,1-3H3. The third kappa shape index (κ3) is 4.65. The summed E-state index contributed by atoms with van der Waals surface area (Å²) in [6, 6.07) is 29.0. The van der Waals surface area contributed by atoms with Crippen LogP contribution in [-0.4, -0.2) is 38.5 Å². The second kappa shape index (κ2) is 11.6. The Labute approximate surface area is 294 Å². The van der Waals surface area contributed by atoms with Crippen LogP contribution in [0.5, 0.6) is 17.2 Å². The highest BCUT2D eigenvalue weighted by Crippen LogP contribution is 2.49. The summed E-state index contributed by atoms with van der Waals surface area (Å²) in [6.07, 6.45) is 8.08. The van der Waals surface area contributed by atoms with Crippen molar-refractivity contribution in [1.29, 1.82) is 0 Å². The average Bonchev–Trinajstić information content (AvgIpc) is 3.75. The number of ether oxygens (including phenoxy) is 4. The summed E-state index contributed by atoms with van der Waals surface area (Å²) in [4.78, 5) is 12.9. The molecule has 6 aromatic rings. The SMILES string of the molecule is CCOC(=O)CC1(O)C=CC=c2oc3ccc4c5c(c6c(c4c3c21)OCC(c1ccc(OC)cc1)(c1ccc(OC)cc1)C=6)Cc1ccccc1-5. The molecule has 0 radical (unpaired) electrons. The Morgan fingerprint density at radius 3 is 2.27 bits per heavy atom. The number of furan rings is 1. The van der Waals surface area contributed by atoms with Gasteiger partial charge in [0.1, 0.15) is 40.5 Å². The zero-order chi connectivity index (χ0) is 34.9. The zero-order valence-corrected chi connectivity index (χ0v) is 28.6. The molecule has 1 atom stereocenters. The summed E-state index contributed by atoms with van der Waals surface area (Å²) in [7, 11) is 3.34. The average molecular weight is 677 g/mol. The Morgan fingerprint density at radius 2 is 1.59 bits per heavy atom. The van der Waals surface area contributed by atoms with Crippen LogP contribution in [0.1, 0.15) is 41.2 Å². The molecule has 254 valence electrons. The van der Waals surface area contributed by atoms with E-state index in [1.54, 1.807) is 33.3 Å². The predicted molar refractivity (Wildman–Crippen MR) is 197 cm³/mol. The number of methoxy groups -OCH3 is 2. The number of hydrogen-bond acceptors (Lipinski definition) is 7. The van der Waals surface area contributed by atoms with Crippen LogP contribution in [0.4, 0.5) is 0 Å². The molecule has 0 spiro atoms. The second-order valence-electron chi connectivity index (χ2n) is 13.4. The quantitative estimate of drug-likeness (QED) is 0.185. The lowest BCUT2D eigenvalue weighted by atomic mass is 9.72. The minimum absolute atomic E-state index is 0.222. The van der Waals surface area contributed by atoms with Gasteiger partial charge in [-0.1, -0.05) is 60.7 Å². The van der Waals surface area contributed by atoms with E-state index >= 15 is 0 Å². The first-order valence-electron chi connectivity index (χ1n) is 17.2. The van der Waals surface area contributed by atoms with E-state index in [0.29, 0.717) is 23.2 Å². The van der Waals surface area contributed by atoms with Gasteiger partial charge in [0.2, 0.25) is 0 Å². The van der Waals surface area contributed by atoms with Gasteiger partial charge in [0.15, 0.2) is 0 Å². The fourth-order valence-electron chi connectivity index (χ4n) is 8.38. The molecule has 0 saturated heterocycles. The highest BCUT2D eigenvalue weighted by Gasteiger charge is 2.41. The van der Waals surface area contributed by atoms with Crippen molar-refractivity contribution in [2.45, 2.75) is 30.8 Å². The molecule has 2 aliphatic carbocycles. The van der Waals surface area contributed by atoms with Gasteiger partial charge in [-0.3, -0.25) is 4.79 Å². The van der Waals surface area contributed by atoms with Crippen molar-refractivity contribution in [3.8, 4) is 28.4 Å². The van der Waals surface area contributed by atoms with Gasteiger partial charge in [-0.05, 0) is 101 Å². The Balaban J connectivity index is 1.41. The maximum atomic E-state index is 12.9. The van der Waals surface area contributed by atoms with Crippen molar-refractivity contribution in [3.05, 3.63) is 136 Å². The number of rotatable bonds is 7. The lowest BCUT2D eigenvalue weighted by molar-refractivity contribution is -0.147. The molecule has 1 unspecified atom stereocenters. The van der Waals surface area contributed by atoms with Crippen molar-refractivity contribution < 1.29 is 33.3 Å². The molecule has 7 nitrogen and oxygen atoms in total. The van der Waals surface area contributed by atoms with Crippen molar-refractivity contribution in [3.63, 3.8) is 0 Å². The molecule has 2 heterocycles. The number of hydrogen-bond donors (Lipinski definition) is 1. The summed E-state index contributed by atoms with van der Waals surface area (Å²) in [5.74, 6) is 1.79. The largest absolute Gasteiger partial charge is 0.497 e. The highest BCUT2D eigenvalue weighted by atomic mass is 16.5. The van der Waals surface area contributed by atoms with Crippen LogP contribution in [-0.2, 0) is 27.0 Å². The number of carbonyl (C=O) groups excluding carboxylic acids is 1. The minimum Gasteiger partial charge on any atom is -0.497 e. The van der Waals surface area contributed by atoms with Crippen LogP contribution in [0.15, 0.2) is 101 Å². The predicted octanol–water partition coefficient (Wildman–Crippen LogP) is 6.82. The number of aliphatic hydroxyl groups is 1. The molecule has 0 amide bonds. The van der Waals surface area contributed by atoms with Gasteiger partial charge >= 0.3 is 5.97 Å². The summed E-state index contributed by atoms with van der Waals surface area (Å²) < 4.78 is 29.9. The molecular formula is C44H36O7. The van der Waals surface area contributed by atoms with Gasteiger partial charge in [-0.25, -0.2) is 0 Å². The van der Waals surface area contributed by atoms with E-state index in [-0.39, 0.29) is 13.0 Å². The normalized spacial score (nSPS) is 17.7. The molecule has 0 saturated carbocycles. The molecule has 51 heavy (non-hydrogen) atoms. The number of benzene rings is 5. The topological polar surface area (TPSA) is 87.4 Å². The van der Waals surface area contributed by atoms with Gasteiger partial charge in [0, 0.05) is 21.6 Å². The summed E-state index contributed by atoms with van der Waals surface area (Å²) >= 11 is 0. The molecule has 1 N–H and O–H groups in total. The van der Waals surface area contributed by atoms with Crippen molar-refractivity contribution in [2.24, 2.45) is 0 Å². The van der Waals surface area contributed by atoms with E-state index in [1.165, 1.54) is 16.7 Å². The first kappa shape index (κ1) is 31.2. The molecule has 3 aliphatic rings. The second-order valence-corrected chi connectivity index (χ2v) is 13.4. The van der Waals surface area contributed by atoms with E-state index in [9.17, 15) is 9.90 Å². The van der Waals surface area contributed by atoms with Crippen LogP contribution in [0.3, 0.4) is 0 Å². The van der Waals surface area contributed by atoms with Gasteiger partial charge in [-0.15, -0.1) is 0 Å². The third-order valence-corrected chi connectivity index (χ3v) is 10.7. The minimum atomic E-state index is -1.64. The lowest BCUT2D eigenvalue weighted by Gasteiger charge is -2.36. The van der Waals surface area contributed by atoms with Crippen molar-refractivity contribution in [2.75, 3.05) is 27.4 Å². The van der Waals surface area contributed by atoms with E-state index in [2.05, 4.69) is 60.7 Å². The Morgan fingerprint density at radius 1 is 0.882 bits per heavy atom. The third-order valence-electron chi connectivity index (χ3n) is 10.7. The highest BCUT2D eigenvalue weighted by molar-refractivity contribution is 6.17. The maximum Gasteiger partial charge on any atom is 0.309 e.